The highest BCUT2D eigenvalue weighted by Crippen LogP contribution is 2.35. The van der Waals surface area contributed by atoms with Gasteiger partial charge in [-0.2, -0.15) is 0 Å². The van der Waals surface area contributed by atoms with Crippen LogP contribution in [0.1, 0.15) is 30.5 Å². The molecule has 4 rings (SSSR count). The number of rotatable bonds is 3. The third-order valence-corrected chi connectivity index (χ3v) is 5.52. The molecule has 132 valence electrons. The Bertz CT molecular complexity index is 896. The summed E-state index contributed by atoms with van der Waals surface area (Å²) in [7, 11) is 0. The highest BCUT2D eigenvalue weighted by atomic mass is 79.9. The third-order valence-electron chi connectivity index (χ3n) is 4.99. The predicted molar refractivity (Wildman–Crippen MR) is 108 cm³/mol. The van der Waals surface area contributed by atoms with Crippen molar-refractivity contribution in [2.75, 3.05) is 11.4 Å². The molecule has 4 nitrogen and oxygen atoms in total. The fourth-order valence-electron chi connectivity index (χ4n) is 3.66. The second-order valence-electron chi connectivity index (χ2n) is 6.91. The minimum absolute atomic E-state index is 0.447. The third kappa shape index (κ3) is 3.49. The van der Waals surface area contributed by atoms with Gasteiger partial charge >= 0.3 is 0 Å². The molecule has 2 atom stereocenters. The molecule has 26 heavy (non-hydrogen) atoms. The summed E-state index contributed by atoms with van der Waals surface area (Å²) in [4.78, 5) is 16.0. The number of halogens is 1. The molecule has 0 aliphatic carbocycles. The maximum Gasteiger partial charge on any atom is 0.161 e. The summed E-state index contributed by atoms with van der Waals surface area (Å²) in [5.41, 5.74) is 3.38. The lowest BCUT2D eigenvalue weighted by atomic mass is 9.97. The van der Waals surface area contributed by atoms with E-state index in [0.29, 0.717) is 12.0 Å². The van der Waals surface area contributed by atoms with Crippen LogP contribution in [0.4, 0.5) is 5.82 Å². The van der Waals surface area contributed by atoms with Crippen molar-refractivity contribution in [2.45, 2.75) is 32.2 Å². The Labute approximate surface area is 162 Å². The van der Waals surface area contributed by atoms with Crippen LogP contribution >= 0.6 is 15.9 Å². The molecule has 2 aromatic heterocycles. The summed E-state index contributed by atoms with van der Waals surface area (Å²) in [6.07, 6.45) is 4.70. The van der Waals surface area contributed by atoms with E-state index >= 15 is 0 Å². The average molecular weight is 409 g/mol. The normalized spacial score (nSPS) is 19.7. The zero-order valence-corrected chi connectivity index (χ0v) is 16.5. The molecule has 0 amide bonds. The largest absolute Gasteiger partial charge is 0.353 e. The summed E-state index contributed by atoms with van der Waals surface area (Å²) in [6.45, 7) is 5.29. The van der Waals surface area contributed by atoms with Crippen LogP contribution in [0.5, 0.6) is 0 Å². The number of anilines is 1. The van der Waals surface area contributed by atoms with Crippen LogP contribution in [0.15, 0.2) is 59.3 Å². The zero-order valence-electron chi connectivity index (χ0n) is 14.9. The summed E-state index contributed by atoms with van der Waals surface area (Å²) >= 11 is 3.52. The minimum Gasteiger partial charge on any atom is -0.353 e. The van der Waals surface area contributed by atoms with Gasteiger partial charge in [0.2, 0.25) is 0 Å². The van der Waals surface area contributed by atoms with Crippen LogP contribution in [-0.4, -0.2) is 27.5 Å². The van der Waals surface area contributed by atoms with Crippen molar-refractivity contribution >= 4 is 21.7 Å². The number of nitrogens with zero attached hydrogens (tertiary/aromatic N) is 4. The van der Waals surface area contributed by atoms with Crippen molar-refractivity contribution in [3.8, 4) is 11.4 Å². The van der Waals surface area contributed by atoms with E-state index in [1.54, 1.807) is 12.4 Å². The Kier molecular flexibility index (Phi) is 4.72. The molecule has 0 radical (unpaired) electrons. The van der Waals surface area contributed by atoms with Gasteiger partial charge < -0.3 is 4.90 Å². The molecule has 3 heterocycles. The lowest BCUT2D eigenvalue weighted by Crippen LogP contribution is -2.28. The van der Waals surface area contributed by atoms with E-state index in [2.05, 4.69) is 68.1 Å². The molecule has 0 bridgehead atoms. The molecule has 3 aromatic rings. The molecule has 0 N–H and O–H groups in total. The van der Waals surface area contributed by atoms with Gasteiger partial charge in [0, 0.05) is 52.7 Å². The number of aromatic nitrogens is 3. The van der Waals surface area contributed by atoms with Gasteiger partial charge in [0.1, 0.15) is 5.82 Å². The highest BCUT2D eigenvalue weighted by molar-refractivity contribution is 9.10. The molecule has 0 saturated carbocycles. The summed E-state index contributed by atoms with van der Waals surface area (Å²) in [6, 6.07) is 15.1. The highest BCUT2D eigenvalue weighted by Gasteiger charge is 2.31. The molecular formula is C21H21BrN4. The standard InChI is InChI=1S/C21H21BrN4/c1-14-11-20(25-21(24-14)17-7-9-23-10-8-17)26-13-18(12-15(26)2)16-3-5-19(22)6-4-16/h3-11,15,18H,12-13H2,1-2H3. The first-order valence-electron chi connectivity index (χ1n) is 8.88. The van der Waals surface area contributed by atoms with Crippen LogP contribution < -0.4 is 4.90 Å². The maximum absolute atomic E-state index is 4.86. The first-order chi connectivity index (χ1) is 12.6. The fraction of sp³-hybridized carbons (Fsp3) is 0.286. The van der Waals surface area contributed by atoms with E-state index in [4.69, 9.17) is 4.98 Å². The Morgan fingerprint density at radius 1 is 1.04 bits per heavy atom. The van der Waals surface area contributed by atoms with Gasteiger partial charge in [-0.3, -0.25) is 4.98 Å². The van der Waals surface area contributed by atoms with Crippen molar-refractivity contribution in [3.05, 3.63) is 70.6 Å². The predicted octanol–water partition coefficient (Wildman–Crippen LogP) is 4.99. The quantitative estimate of drug-likeness (QED) is 0.611. The summed E-state index contributed by atoms with van der Waals surface area (Å²) in [5.74, 6) is 2.30. The molecule has 1 saturated heterocycles. The molecule has 2 unspecified atom stereocenters. The monoisotopic (exact) mass is 408 g/mol. The van der Waals surface area contributed by atoms with Crippen molar-refractivity contribution in [1.82, 2.24) is 15.0 Å². The fourth-order valence-corrected chi connectivity index (χ4v) is 3.92. The lowest BCUT2D eigenvalue weighted by Gasteiger charge is -2.23. The van der Waals surface area contributed by atoms with E-state index in [9.17, 15) is 0 Å². The lowest BCUT2D eigenvalue weighted by molar-refractivity contribution is 0.696. The molecule has 1 fully saturated rings. The second kappa shape index (κ2) is 7.16. The number of hydrogen-bond acceptors (Lipinski definition) is 4. The van der Waals surface area contributed by atoms with Crippen molar-refractivity contribution in [1.29, 1.82) is 0 Å². The van der Waals surface area contributed by atoms with Crippen molar-refractivity contribution in [2.24, 2.45) is 0 Å². The van der Waals surface area contributed by atoms with Crippen LogP contribution in [0.25, 0.3) is 11.4 Å². The smallest absolute Gasteiger partial charge is 0.161 e. The Balaban J connectivity index is 1.63. The van der Waals surface area contributed by atoms with Gasteiger partial charge in [0.05, 0.1) is 0 Å². The van der Waals surface area contributed by atoms with Crippen LogP contribution in [-0.2, 0) is 0 Å². The van der Waals surface area contributed by atoms with Crippen molar-refractivity contribution < 1.29 is 0 Å². The van der Waals surface area contributed by atoms with E-state index in [1.165, 1.54) is 5.56 Å². The van der Waals surface area contributed by atoms with Crippen LogP contribution in [0.2, 0.25) is 0 Å². The molecule has 1 aromatic carbocycles. The Morgan fingerprint density at radius 2 is 1.77 bits per heavy atom. The van der Waals surface area contributed by atoms with E-state index in [0.717, 1.165) is 40.3 Å². The van der Waals surface area contributed by atoms with Gasteiger partial charge in [-0.15, -0.1) is 0 Å². The molecular weight excluding hydrogens is 388 g/mol. The molecule has 5 heteroatoms. The number of benzene rings is 1. The number of pyridine rings is 1. The maximum atomic E-state index is 4.86. The minimum atomic E-state index is 0.447. The first-order valence-corrected chi connectivity index (χ1v) is 9.67. The Hall–Kier alpha value is -2.27. The van der Waals surface area contributed by atoms with E-state index in [-0.39, 0.29) is 0 Å². The first kappa shape index (κ1) is 17.2. The summed E-state index contributed by atoms with van der Waals surface area (Å²) in [5, 5.41) is 0. The molecule has 1 aliphatic heterocycles. The van der Waals surface area contributed by atoms with Gasteiger partial charge in [0.15, 0.2) is 5.82 Å². The van der Waals surface area contributed by atoms with Crippen LogP contribution in [0.3, 0.4) is 0 Å². The zero-order chi connectivity index (χ0) is 18.1. The van der Waals surface area contributed by atoms with Gasteiger partial charge in [-0.1, -0.05) is 28.1 Å². The van der Waals surface area contributed by atoms with Gasteiger partial charge in [-0.25, -0.2) is 9.97 Å². The average Bonchev–Trinajstić information content (AvgIpc) is 3.04. The molecule has 1 aliphatic rings. The van der Waals surface area contributed by atoms with Crippen LogP contribution in [0, 0.1) is 6.92 Å². The number of aryl methyl sites for hydroxylation is 1. The SMILES string of the molecule is Cc1cc(N2CC(c3ccc(Br)cc3)CC2C)nc(-c2ccncc2)n1. The van der Waals surface area contributed by atoms with Crippen molar-refractivity contribution in [3.63, 3.8) is 0 Å². The Morgan fingerprint density at radius 3 is 2.50 bits per heavy atom. The molecule has 0 spiro atoms. The van der Waals surface area contributed by atoms with Gasteiger partial charge in [0.25, 0.3) is 0 Å². The topological polar surface area (TPSA) is 41.9 Å². The number of hydrogen-bond donors (Lipinski definition) is 0. The van der Waals surface area contributed by atoms with E-state index in [1.807, 2.05) is 19.1 Å². The van der Waals surface area contributed by atoms with E-state index < -0.39 is 0 Å². The summed E-state index contributed by atoms with van der Waals surface area (Å²) < 4.78 is 1.12. The van der Waals surface area contributed by atoms with Gasteiger partial charge in [-0.05, 0) is 50.1 Å². The second-order valence-corrected chi connectivity index (χ2v) is 7.83.